The number of aliphatic carboxylic acids is 1. The molecule has 5 heteroatoms. The van der Waals surface area contributed by atoms with Gasteiger partial charge < -0.3 is 15.3 Å². The summed E-state index contributed by atoms with van der Waals surface area (Å²) in [5.74, 6) is -0.708. The molecule has 0 spiro atoms. The number of piperazine rings is 1. The van der Waals surface area contributed by atoms with Gasteiger partial charge in [0, 0.05) is 45.7 Å². The summed E-state index contributed by atoms with van der Waals surface area (Å²) < 4.78 is 0. The maximum Gasteiger partial charge on any atom is 0.303 e. The van der Waals surface area contributed by atoms with Crippen molar-refractivity contribution in [3.05, 3.63) is 0 Å². The zero-order valence-electron chi connectivity index (χ0n) is 10.1. The predicted molar refractivity (Wildman–Crippen MR) is 63.7 cm³/mol. The van der Waals surface area contributed by atoms with Crippen molar-refractivity contribution < 1.29 is 9.90 Å². The van der Waals surface area contributed by atoms with E-state index in [0.717, 1.165) is 52.2 Å². The van der Waals surface area contributed by atoms with Gasteiger partial charge in [0.1, 0.15) is 0 Å². The Morgan fingerprint density at radius 2 is 1.94 bits per heavy atom. The largest absolute Gasteiger partial charge is 0.481 e. The fourth-order valence-electron chi connectivity index (χ4n) is 1.80. The second-order valence-electron chi connectivity index (χ2n) is 4.39. The minimum absolute atomic E-state index is 0.265. The van der Waals surface area contributed by atoms with E-state index in [1.165, 1.54) is 0 Å². The molecule has 0 bridgehead atoms. The number of nitrogens with one attached hydrogen (secondary N) is 1. The second-order valence-corrected chi connectivity index (χ2v) is 4.39. The molecule has 2 N–H and O–H groups in total. The molecule has 1 rings (SSSR count). The summed E-state index contributed by atoms with van der Waals surface area (Å²) in [5.41, 5.74) is 0. The lowest BCUT2D eigenvalue weighted by Gasteiger charge is -2.32. The number of likely N-dealkylation sites (N-methyl/N-ethyl adjacent to an activating group) is 1. The summed E-state index contributed by atoms with van der Waals surface area (Å²) in [6.45, 7) is 7.43. The highest BCUT2D eigenvalue weighted by molar-refractivity contribution is 5.66. The van der Waals surface area contributed by atoms with E-state index in [2.05, 4.69) is 22.2 Å². The summed E-state index contributed by atoms with van der Waals surface area (Å²) in [4.78, 5) is 15.1. The van der Waals surface area contributed by atoms with Crippen LogP contribution in [-0.2, 0) is 4.79 Å². The van der Waals surface area contributed by atoms with Crippen LogP contribution >= 0.6 is 0 Å². The first-order valence-electron chi connectivity index (χ1n) is 6.02. The number of hydrogen-bond acceptors (Lipinski definition) is 4. The molecule has 16 heavy (non-hydrogen) atoms. The molecule has 1 heterocycles. The van der Waals surface area contributed by atoms with Gasteiger partial charge in [-0.25, -0.2) is 0 Å². The molecule has 0 aromatic heterocycles. The minimum atomic E-state index is -0.708. The lowest BCUT2D eigenvalue weighted by Crippen LogP contribution is -2.46. The summed E-state index contributed by atoms with van der Waals surface area (Å²) >= 11 is 0. The van der Waals surface area contributed by atoms with Crippen LogP contribution in [0.2, 0.25) is 0 Å². The first kappa shape index (κ1) is 13.4. The maximum absolute atomic E-state index is 10.3. The second kappa shape index (κ2) is 7.60. The lowest BCUT2D eigenvalue weighted by atomic mass is 10.3. The van der Waals surface area contributed by atoms with Crippen LogP contribution in [0.25, 0.3) is 0 Å². The Morgan fingerprint density at radius 1 is 1.25 bits per heavy atom. The van der Waals surface area contributed by atoms with Gasteiger partial charge in [-0.3, -0.25) is 9.69 Å². The smallest absolute Gasteiger partial charge is 0.303 e. The third kappa shape index (κ3) is 6.05. The Hall–Kier alpha value is -0.650. The number of hydrogen-bond donors (Lipinski definition) is 2. The van der Waals surface area contributed by atoms with Crippen molar-refractivity contribution in [2.75, 3.05) is 52.9 Å². The molecular formula is C11H23N3O2. The number of carboxylic acid groups (broad SMARTS) is 1. The highest BCUT2D eigenvalue weighted by atomic mass is 16.4. The van der Waals surface area contributed by atoms with E-state index >= 15 is 0 Å². The maximum atomic E-state index is 10.3. The summed E-state index contributed by atoms with van der Waals surface area (Å²) in [5, 5.41) is 11.7. The highest BCUT2D eigenvalue weighted by Gasteiger charge is 2.12. The molecule has 1 saturated heterocycles. The van der Waals surface area contributed by atoms with Crippen molar-refractivity contribution in [3.63, 3.8) is 0 Å². The molecule has 0 atom stereocenters. The molecule has 0 amide bonds. The van der Waals surface area contributed by atoms with E-state index in [1.54, 1.807) is 0 Å². The van der Waals surface area contributed by atoms with E-state index < -0.39 is 5.97 Å². The van der Waals surface area contributed by atoms with Crippen LogP contribution in [0.5, 0.6) is 0 Å². The SMILES string of the molecule is CN1CCN(CCNCCCC(=O)O)CC1. The molecule has 0 aromatic rings. The number of rotatable bonds is 7. The van der Waals surface area contributed by atoms with Crippen LogP contribution in [-0.4, -0.2) is 73.7 Å². The fourth-order valence-corrected chi connectivity index (χ4v) is 1.80. The van der Waals surface area contributed by atoms with Crippen LogP contribution in [0.15, 0.2) is 0 Å². The highest BCUT2D eigenvalue weighted by Crippen LogP contribution is 1.97. The zero-order chi connectivity index (χ0) is 11.8. The van der Waals surface area contributed by atoms with Crippen LogP contribution in [0, 0.1) is 0 Å². The number of carboxylic acids is 1. The van der Waals surface area contributed by atoms with Crippen LogP contribution in [0.3, 0.4) is 0 Å². The van der Waals surface area contributed by atoms with Gasteiger partial charge in [-0.15, -0.1) is 0 Å². The van der Waals surface area contributed by atoms with E-state index in [9.17, 15) is 4.79 Å². The van der Waals surface area contributed by atoms with E-state index in [1.807, 2.05) is 0 Å². The molecule has 94 valence electrons. The Balaban J connectivity index is 1.89. The van der Waals surface area contributed by atoms with Crippen LogP contribution < -0.4 is 5.32 Å². The standard InChI is InChI=1S/C11H23N3O2/c1-13-7-9-14(10-8-13)6-5-12-4-2-3-11(15)16/h12H,2-10H2,1H3,(H,15,16). The normalized spacial score (nSPS) is 18.8. The van der Waals surface area contributed by atoms with Crippen molar-refractivity contribution >= 4 is 5.97 Å². The summed E-state index contributed by atoms with van der Waals surface area (Å²) in [6.07, 6.45) is 0.986. The van der Waals surface area contributed by atoms with Crippen molar-refractivity contribution in [2.45, 2.75) is 12.8 Å². The van der Waals surface area contributed by atoms with Gasteiger partial charge in [0.05, 0.1) is 0 Å². The molecule has 0 aromatic carbocycles. The average Bonchev–Trinajstić information content (AvgIpc) is 2.25. The average molecular weight is 229 g/mol. The first-order chi connectivity index (χ1) is 7.68. The molecule has 0 aliphatic carbocycles. The monoisotopic (exact) mass is 229 g/mol. The van der Waals surface area contributed by atoms with Gasteiger partial charge in [-0.2, -0.15) is 0 Å². The predicted octanol–water partition coefficient (Wildman–Crippen LogP) is -0.312. The Bertz CT molecular complexity index is 203. The lowest BCUT2D eigenvalue weighted by molar-refractivity contribution is -0.137. The molecule has 5 nitrogen and oxygen atoms in total. The van der Waals surface area contributed by atoms with E-state index in [4.69, 9.17) is 5.11 Å². The number of nitrogens with zero attached hydrogens (tertiary/aromatic N) is 2. The first-order valence-corrected chi connectivity index (χ1v) is 6.02. The summed E-state index contributed by atoms with van der Waals surface area (Å²) in [6, 6.07) is 0. The van der Waals surface area contributed by atoms with Crippen molar-refractivity contribution in [1.82, 2.24) is 15.1 Å². The quantitative estimate of drug-likeness (QED) is 0.586. The fraction of sp³-hybridized carbons (Fsp3) is 0.909. The molecule has 0 unspecified atom stereocenters. The topological polar surface area (TPSA) is 55.8 Å². The molecule has 1 fully saturated rings. The summed E-state index contributed by atoms with van der Waals surface area (Å²) in [7, 11) is 2.15. The van der Waals surface area contributed by atoms with Gasteiger partial charge >= 0.3 is 5.97 Å². The van der Waals surface area contributed by atoms with Crippen LogP contribution in [0.4, 0.5) is 0 Å². The Morgan fingerprint density at radius 3 is 2.56 bits per heavy atom. The zero-order valence-corrected chi connectivity index (χ0v) is 10.1. The van der Waals surface area contributed by atoms with Crippen LogP contribution in [0.1, 0.15) is 12.8 Å². The van der Waals surface area contributed by atoms with E-state index in [0.29, 0.717) is 0 Å². The van der Waals surface area contributed by atoms with Gasteiger partial charge in [0.15, 0.2) is 0 Å². The van der Waals surface area contributed by atoms with Gasteiger partial charge in [-0.05, 0) is 20.0 Å². The van der Waals surface area contributed by atoms with Crippen molar-refractivity contribution in [2.24, 2.45) is 0 Å². The van der Waals surface area contributed by atoms with Gasteiger partial charge in [0.25, 0.3) is 0 Å². The van der Waals surface area contributed by atoms with Gasteiger partial charge in [0.2, 0.25) is 0 Å². The molecular weight excluding hydrogens is 206 g/mol. The van der Waals surface area contributed by atoms with Gasteiger partial charge in [-0.1, -0.05) is 0 Å². The number of carbonyl (C=O) groups is 1. The molecule has 1 aliphatic rings. The Kier molecular flexibility index (Phi) is 6.37. The third-order valence-corrected chi connectivity index (χ3v) is 2.94. The molecule has 0 radical (unpaired) electrons. The van der Waals surface area contributed by atoms with Crippen molar-refractivity contribution in [1.29, 1.82) is 0 Å². The molecule has 1 aliphatic heterocycles. The van der Waals surface area contributed by atoms with Crippen molar-refractivity contribution in [3.8, 4) is 0 Å². The molecule has 0 saturated carbocycles. The van der Waals surface area contributed by atoms with E-state index in [-0.39, 0.29) is 6.42 Å². The Labute approximate surface area is 97.4 Å². The third-order valence-electron chi connectivity index (χ3n) is 2.94. The minimum Gasteiger partial charge on any atom is -0.481 e.